The Labute approximate surface area is 101 Å². The zero-order valence-corrected chi connectivity index (χ0v) is 11.4. The minimum absolute atomic E-state index is 0.254. The fourth-order valence-electron chi connectivity index (χ4n) is 1.62. The monoisotopic (exact) mass is 231 g/mol. The van der Waals surface area contributed by atoms with Crippen LogP contribution in [-0.4, -0.2) is 74.9 Å². The third kappa shape index (κ3) is 10.4. The van der Waals surface area contributed by atoms with E-state index in [2.05, 4.69) is 43.2 Å². The molecule has 0 bridgehead atoms. The topological polar surface area (TPSA) is 38.7 Å². The van der Waals surface area contributed by atoms with Crippen molar-refractivity contribution < 1.29 is 5.11 Å². The lowest BCUT2D eigenvalue weighted by atomic mass is 10.3. The van der Waals surface area contributed by atoms with E-state index < -0.39 is 0 Å². The maximum atomic E-state index is 9.74. The van der Waals surface area contributed by atoms with Crippen LogP contribution < -0.4 is 5.32 Å². The van der Waals surface area contributed by atoms with E-state index in [1.807, 2.05) is 0 Å². The lowest BCUT2D eigenvalue weighted by Gasteiger charge is -2.21. The second-order valence-corrected chi connectivity index (χ2v) is 4.78. The van der Waals surface area contributed by atoms with Crippen LogP contribution in [0.2, 0.25) is 0 Å². The Bertz CT molecular complexity index is 153. The predicted molar refractivity (Wildman–Crippen MR) is 69.8 cm³/mol. The van der Waals surface area contributed by atoms with E-state index in [0.717, 1.165) is 39.0 Å². The van der Waals surface area contributed by atoms with Crippen LogP contribution in [0.3, 0.4) is 0 Å². The van der Waals surface area contributed by atoms with Gasteiger partial charge in [0, 0.05) is 13.1 Å². The average Bonchev–Trinajstić information content (AvgIpc) is 2.17. The first kappa shape index (κ1) is 15.8. The molecule has 2 N–H and O–H groups in total. The quantitative estimate of drug-likeness (QED) is 0.528. The highest BCUT2D eigenvalue weighted by Gasteiger charge is 2.07. The molecule has 1 unspecified atom stereocenters. The molecule has 0 aliphatic rings. The number of hydrogen-bond donors (Lipinski definition) is 2. The predicted octanol–water partition coefficient (Wildman–Crippen LogP) is 0.230. The summed E-state index contributed by atoms with van der Waals surface area (Å²) in [5, 5.41) is 13.0. The number of nitrogens with zero attached hydrogens (tertiary/aromatic N) is 2. The highest BCUT2D eigenvalue weighted by molar-refractivity contribution is 4.64. The number of nitrogens with one attached hydrogen (secondary N) is 1. The van der Waals surface area contributed by atoms with E-state index in [4.69, 9.17) is 0 Å². The summed E-state index contributed by atoms with van der Waals surface area (Å²) in [5.41, 5.74) is 0. The van der Waals surface area contributed by atoms with Crippen LogP contribution in [0, 0.1) is 0 Å². The fraction of sp³-hybridized carbons (Fsp3) is 1.00. The number of aliphatic hydroxyl groups is 1. The van der Waals surface area contributed by atoms with Gasteiger partial charge < -0.3 is 20.2 Å². The Balaban J connectivity index is 3.42. The van der Waals surface area contributed by atoms with Crippen molar-refractivity contribution in [1.29, 1.82) is 0 Å². The van der Waals surface area contributed by atoms with Gasteiger partial charge in [-0.25, -0.2) is 0 Å². The molecule has 0 aliphatic carbocycles. The standard InChI is InChI=1S/C12H29N3O/c1-5-7-13-10-12(16)11-15(4)9-6-8-14(2)3/h12-13,16H,5-11H2,1-4H3. The normalized spacial score (nSPS) is 13.7. The Morgan fingerprint density at radius 2 is 1.88 bits per heavy atom. The summed E-state index contributed by atoms with van der Waals surface area (Å²) in [6.45, 7) is 6.72. The summed E-state index contributed by atoms with van der Waals surface area (Å²) in [6, 6.07) is 0. The summed E-state index contributed by atoms with van der Waals surface area (Å²) >= 11 is 0. The second kappa shape index (κ2) is 10.0. The Morgan fingerprint density at radius 3 is 2.44 bits per heavy atom. The van der Waals surface area contributed by atoms with Gasteiger partial charge in [-0.3, -0.25) is 0 Å². The molecule has 0 spiro atoms. The van der Waals surface area contributed by atoms with Gasteiger partial charge in [-0.2, -0.15) is 0 Å². The summed E-state index contributed by atoms with van der Waals surface area (Å²) in [7, 11) is 6.24. The van der Waals surface area contributed by atoms with Crippen molar-refractivity contribution in [2.45, 2.75) is 25.9 Å². The number of aliphatic hydroxyl groups excluding tert-OH is 1. The van der Waals surface area contributed by atoms with Crippen LogP contribution in [0.25, 0.3) is 0 Å². The van der Waals surface area contributed by atoms with Crippen LogP contribution in [0.5, 0.6) is 0 Å². The first-order chi connectivity index (χ1) is 7.56. The van der Waals surface area contributed by atoms with E-state index in [1.165, 1.54) is 0 Å². The largest absolute Gasteiger partial charge is 0.390 e. The Kier molecular flexibility index (Phi) is 9.92. The van der Waals surface area contributed by atoms with Crippen molar-refractivity contribution in [3.63, 3.8) is 0 Å². The molecule has 0 aliphatic heterocycles. The van der Waals surface area contributed by atoms with Crippen LogP contribution in [0.4, 0.5) is 0 Å². The van der Waals surface area contributed by atoms with Crippen molar-refractivity contribution in [3.8, 4) is 0 Å². The molecule has 4 heteroatoms. The van der Waals surface area contributed by atoms with Gasteiger partial charge in [0.1, 0.15) is 0 Å². The minimum atomic E-state index is -0.254. The van der Waals surface area contributed by atoms with Gasteiger partial charge in [0.05, 0.1) is 6.10 Å². The molecule has 0 saturated carbocycles. The molecule has 0 heterocycles. The van der Waals surface area contributed by atoms with Crippen LogP contribution in [0.1, 0.15) is 19.8 Å². The maximum Gasteiger partial charge on any atom is 0.0791 e. The van der Waals surface area contributed by atoms with Crippen molar-refractivity contribution in [2.75, 3.05) is 53.9 Å². The molecule has 0 aromatic carbocycles. The molecule has 4 nitrogen and oxygen atoms in total. The van der Waals surface area contributed by atoms with E-state index >= 15 is 0 Å². The molecular weight excluding hydrogens is 202 g/mol. The van der Waals surface area contributed by atoms with Crippen molar-refractivity contribution in [2.24, 2.45) is 0 Å². The summed E-state index contributed by atoms with van der Waals surface area (Å²) < 4.78 is 0. The highest BCUT2D eigenvalue weighted by atomic mass is 16.3. The zero-order valence-electron chi connectivity index (χ0n) is 11.4. The van der Waals surface area contributed by atoms with Gasteiger partial charge in [-0.15, -0.1) is 0 Å². The zero-order chi connectivity index (χ0) is 12.4. The third-order valence-electron chi connectivity index (χ3n) is 2.47. The van der Waals surface area contributed by atoms with Crippen molar-refractivity contribution in [1.82, 2.24) is 15.1 Å². The van der Waals surface area contributed by atoms with E-state index in [9.17, 15) is 5.11 Å². The summed E-state index contributed by atoms with van der Waals surface area (Å²) in [6.07, 6.45) is 2.01. The lowest BCUT2D eigenvalue weighted by molar-refractivity contribution is 0.122. The smallest absolute Gasteiger partial charge is 0.0791 e. The second-order valence-electron chi connectivity index (χ2n) is 4.78. The number of hydrogen-bond acceptors (Lipinski definition) is 4. The molecule has 0 fully saturated rings. The van der Waals surface area contributed by atoms with Gasteiger partial charge in [-0.1, -0.05) is 6.92 Å². The molecule has 0 rings (SSSR count). The van der Waals surface area contributed by atoms with Gasteiger partial charge in [0.15, 0.2) is 0 Å². The maximum absolute atomic E-state index is 9.74. The first-order valence-corrected chi connectivity index (χ1v) is 6.28. The summed E-state index contributed by atoms with van der Waals surface area (Å²) in [5.74, 6) is 0. The van der Waals surface area contributed by atoms with Gasteiger partial charge in [-0.05, 0) is 53.6 Å². The average molecular weight is 231 g/mol. The Morgan fingerprint density at radius 1 is 1.19 bits per heavy atom. The number of likely N-dealkylation sites (N-methyl/N-ethyl adjacent to an activating group) is 1. The van der Waals surface area contributed by atoms with Crippen molar-refractivity contribution >= 4 is 0 Å². The summed E-state index contributed by atoms with van der Waals surface area (Å²) in [4.78, 5) is 4.38. The molecule has 98 valence electrons. The van der Waals surface area contributed by atoms with Crippen LogP contribution in [0.15, 0.2) is 0 Å². The third-order valence-corrected chi connectivity index (χ3v) is 2.47. The molecule has 0 radical (unpaired) electrons. The van der Waals surface area contributed by atoms with Gasteiger partial charge >= 0.3 is 0 Å². The highest BCUT2D eigenvalue weighted by Crippen LogP contribution is 1.92. The van der Waals surface area contributed by atoms with E-state index in [0.29, 0.717) is 6.54 Å². The SMILES string of the molecule is CCCNCC(O)CN(C)CCCN(C)C. The van der Waals surface area contributed by atoms with Gasteiger partial charge in [0.25, 0.3) is 0 Å². The van der Waals surface area contributed by atoms with E-state index in [1.54, 1.807) is 0 Å². The molecule has 0 amide bonds. The molecule has 0 saturated heterocycles. The van der Waals surface area contributed by atoms with E-state index in [-0.39, 0.29) is 6.10 Å². The van der Waals surface area contributed by atoms with Crippen molar-refractivity contribution in [3.05, 3.63) is 0 Å². The van der Waals surface area contributed by atoms with Crippen LogP contribution >= 0.6 is 0 Å². The first-order valence-electron chi connectivity index (χ1n) is 6.28. The Hall–Kier alpha value is -0.160. The minimum Gasteiger partial charge on any atom is -0.390 e. The number of rotatable bonds is 10. The molecular formula is C12H29N3O. The lowest BCUT2D eigenvalue weighted by Crippen LogP contribution is -2.37. The molecule has 1 atom stereocenters. The molecule has 16 heavy (non-hydrogen) atoms. The van der Waals surface area contributed by atoms with Gasteiger partial charge in [0.2, 0.25) is 0 Å². The fourth-order valence-corrected chi connectivity index (χ4v) is 1.62. The molecule has 0 aromatic rings. The molecule has 0 aromatic heterocycles. The van der Waals surface area contributed by atoms with Crippen LogP contribution in [-0.2, 0) is 0 Å².